The maximum Gasteiger partial charge on any atom is 0.229 e. The van der Waals surface area contributed by atoms with Crippen molar-refractivity contribution in [3.05, 3.63) is 30.1 Å². The molecule has 0 aliphatic carbocycles. The van der Waals surface area contributed by atoms with Crippen LogP contribution in [0.3, 0.4) is 0 Å². The molecular formula is C11H10N4O. The first-order valence-electron chi connectivity index (χ1n) is 4.91. The number of nitrogen functional groups attached to an aromatic ring is 1. The number of H-pyrrole nitrogens is 1. The predicted molar refractivity (Wildman–Crippen MR) is 60.7 cm³/mol. The number of nitrogens with zero attached hydrogens (tertiary/aromatic N) is 2. The number of anilines is 1. The maximum atomic E-state index is 5.72. The molecule has 80 valence electrons. The summed E-state index contributed by atoms with van der Waals surface area (Å²) >= 11 is 0. The average Bonchev–Trinajstić information content (AvgIpc) is 2.86. The first-order chi connectivity index (χ1) is 7.77. The van der Waals surface area contributed by atoms with E-state index >= 15 is 0 Å². The molecule has 3 rings (SSSR count). The number of hydrogen-bond donors (Lipinski definition) is 2. The van der Waals surface area contributed by atoms with Crippen molar-refractivity contribution in [1.29, 1.82) is 0 Å². The third kappa shape index (κ3) is 1.11. The monoisotopic (exact) mass is 214 g/mol. The summed E-state index contributed by atoms with van der Waals surface area (Å²) in [6.07, 6.45) is 1.62. The van der Waals surface area contributed by atoms with E-state index in [9.17, 15) is 0 Å². The van der Waals surface area contributed by atoms with Gasteiger partial charge in [0.15, 0.2) is 0 Å². The van der Waals surface area contributed by atoms with Crippen LogP contribution in [0.1, 0.15) is 5.69 Å². The predicted octanol–water partition coefficient (Wildman–Crippen LogP) is 2.11. The lowest BCUT2D eigenvalue weighted by molar-refractivity contribution is 0.436. The lowest BCUT2D eigenvalue weighted by Crippen LogP contribution is -1.86. The van der Waals surface area contributed by atoms with Gasteiger partial charge in [-0.05, 0) is 13.0 Å². The summed E-state index contributed by atoms with van der Waals surface area (Å²) in [7, 11) is 0. The van der Waals surface area contributed by atoms with Gasteiger partial charge in [-0.1, -0.05) is 17.3 Å². The van der Waals surface area contributed by atoms with Gasteiger partial charge in [0.2, 0.25) is 5.88 Å². The molecule has 0 spiro atoms. The number of benzene rings is 1. The van der Waals surface area contributed by atoms with Crippen LogP contribution in [-0.4, -0.2) is 15.4 Å². The van der Waals surface area contributed by atoms with Crippen LogP contribution in [0, 0.1) is 6.92 Å². The molecule has 5 nitrogen and oxygen atoms in total. The molecule has 16 heavy (non-hydrogen) atoms. The van der Waals surface area contributed by atoms with Gasteiger partial charge in [0.25, 0.3) is 0 Å². The molecule has 0 radical (unpaired) electrons. The van der Waals surface area contributed by atoms with Crippen LogP contribution >= 0.6 is 0 Å². The zero-order valence-electron chi connectivity index (χ0n) is 8.69. The third-order valence-corrected chi connectivity index (χ3v) is 2.65. The van der Waals surface area contributed by atoms with Crippen molar-refractivity contribution < 1.29 is 4.52 Å². The summed E-state index contributed by atoms with van der Waals surface area (Å²) in [4.78, 5) is 0. The molecule has 0 unspecified atom stereocenters. The van der Waals surface area contributed by atoms with E-state index in [1.807, 2.05) is 25.1 Å². The van der Waals surface area contributed by atoms with Gasteiger partial charge >= 0.3 is 0 Å². The van der Waals surface area contributed by atoms with Crippen LogP contribution in [0.5, 0.6) is 0 Å². The maximum absolute atomic E-state index is 5.72. The zero-order chi connectivity index (χ0) is 11.1. The molecule has 2 heterocycles. The van der Waals surface area contributed by atoms with Gasteiger partial charge < -0.3 is 10.3 Å². The number of aromatic nitrogens is 3. The second-order valence-electron chi connectivity index (χ2n) is 3.65. The van der Waals surface area contributed by atoms with E-state index in [2.05, 4.69) is 15.4 Å². The zero-order valence-corrected chi connectivity index (χ0v) is 8.69. The van der Waals surface area contributed by atoms with Crippen LogP contribution in [0.25, 0.3) is 22.0 Å². The molecule has 0 atom stereocenters. The van der Waals surface area contributed by atoms with E-state index < -0.39 is 0 Å². The lowest BCUT2D eigenvalue weighted by atomic mass is 10.0. The largest absolute Gasteiger partial charge is 0.367 e. The Morgan fingerprint density at radius 2 is 2.19 bits per heavy atom. The number of aromatic amines is 1. The third-order valence-electron chi connectivity index (χ3n) is 2.65. The smallest absolute Gasteiger partial charge is 0.229 e. The van der Waals surface area contributed by atoms with Crippen LogP contribution in [0.4, 0.5) is 5.88 Å². The molecule has 0 saturated heterocycles. The van der Waals surface area contributed by atoms with Crippen LogP contribution in [0.15, 0.2) is 28.9 Å². The second kappa shape index (κ2) is 3.10. The van der Waals surface area contributed by atoms with Crippen molar-refractivity contribution in [3.63, 3.8) is 0 Å². The molecule has 5 heteroatoms. The fraction of sp³-hybridized carbons (Fsp3) is 0.0909. The van der Waals surface area contributed by atoms with Gasteiger partial charge in [-0.2, -0.15) is 5.10 Å². The number of fused-ring (bicyclic) bond motifs is 1. The van der Waals surface area contributed by atoms with Gasteiger partial charge in [-0.3, -0.25) is 5.10 Å². The van der Waals surface area contributed by atoms with Gasteiger partial charge in [0.1, 0.15) is 0 Å². The van der Waals surface area contributed by atoms with Crippen molar-refractivity contribution in [1.82, 2.24) is 15.4 Å². The molecule has 0 saturated carbocycles. The van der Waals surface area contributed by atoms with Crippen molar-refractivity contribution in [2.45, 2.75) is 6.92 Å². The molecule has 0 amide bonds. The number of hydrogen-bond acceptors (Lipinski definition) is 4. The van der Waals surface area contributed by atoms with E-state index in [0.717, 1.165) is 27.7 Å². The summed E-state index contributed by atoms with van der Waals surface area (Å²) < 4.78 is 4.88. The highest BCUT2D eigenvalue weighted by atomic mass is 16.5. The van der Waals surface area contributed by atoms with Gasteiger partial charge in [0.05, 0.1) is 17.3 Å². The second-order valence-corrected chi connectivity index (χ2v) is 3.65. The normalized spacial score (nSPS) is 11.1. The highest BCUT2D eigenvalue weighted by Crippen LogP contribution is 2.32. The standard InChI is InChI=1S/C11H10N4O/c1-6-10-7(8-5-13-16-11(8)12)3-2-4-9(10)15-14-6/h2-5H,12H2,1H3,(H,14,15). The Hall–Kier alpha value is -2.30. The van der Waals surface area contributed by atoms with E-state index in [-0.39, 0.29) is 0 Å². The van der Waals surface area contributed by atoms with Crippen molar-refractivity contribution in [2.75, 3.05) is 5.73 Å². The van der Waals surface area contributed by atoms with Gasteiger partial charge in [-0.15, -0.1) is 0 Å². The molecule has 0 fully saturated rings. The molecule has 3 aromatic rings. The first-order valence-corrected chi connectivity index (χ1v) is 4.91. The Bertz CT molecular complexity index is 653. The molecule has 1 aromatic carbocycles. The van der Waals surface area contributed by atoms with E-state index in [0.29, 0.717) is 5.88 Å². The highest BCUT2D eigenvalue weighted by Gasteiger charge is 2.13. The topological polar surface area (TPSA) is 80.7 Å². The number of rotatable bonds is 1. The molecular weight excluding hydrogens is 204 g/mol. The Labute approximate surface area is 91.2 Å². The SMILES string of the molecule is Cc1[nH]nc2cccc(-c3cnoc3N)c12. The molecule has 0 aliphatic rings. The van der Waals surface area contributed by atoms with Crippen LogP contribution in [0.2, 0.25) is 0 Å². The summed E-state index contributed by atoms with van der Waals surface area (Å²) in [5.41, 5.74) is 9.43. The fourth-order valence-electron chi connectivity index (χ4n) is 1.90. The fourth-order valence-corrected chi connectivity index (χ4v) is 1.90. The highest BCUT2D eigenvalue weighted by molar-refractivity contribution is 5.98. The Balaban J connectivity index is 2.39. The van der Waals surface area contributed by atoms with E-state index in [1.54, 1.807) is 6.20 Å². The summed E-state index contributed by atoms with van der Waals surface area (Å²) in [5.74, 6) is 0.327. The Morgan fingerprint density at radius 3 is 2.94 bits per heavy atom. The molecule has 0 bridgehead atoms. The van der Waals surface area contributed by atoms with Gasteiger partial charge in [0, 0.05) is 16.6 Å². The molecule has 3 N–H and O–H groups in total. The van der Waals surface area contributed by atoms with Crippen molar-refractivity contribution in [2.24, 2.45) is 0 Å². The summed E-state index contributed by atoms with van der Waals surface area (Å²) in [6, 6.07) is 5.87. The number of aryl methyl sites for hydroxylation is 1. The van der Waals surface area contributed by atoms with E-state index in [4.69, 9.17) is 10.3 Å². The quantitative estimate of drug-likeness (QED) is 0.650. The minimum atomic E-state index is 0.327. The Kier molecular flexibility index (Phi) is 1.73. The minimum absolute atomic E-state index is 0.327. The van der Waals surface area contributed by atoms with Crippen LogP contribution < -0.4 is 5.73 Å². The summed E-state index contributed by atoms with van der Waals surface area (Å²) in [5, 5.41) is 11.9. The average molecular weight is 214 g/mol. The van der Waals surface area contributed by atoms with E-state index in [1.165, 1.54) is 0 Å². The molecule has 2 aromatic heterocycles. The summed E-state index contributed by atoms with van der Waals surface area (Å²) in [6.45, 7) is 1.97. The number of nitrogens with two attached hydrogens (primary N) is 1. The number of nitrogens with one attached hydrogen (secondary N) is 1. The van der Waals surface area contributed by atoms with Gasteiger partial charge in [-0.25, -0.2) is 0 Å². The first kappa shape index (κ1) is 8.96. The lowest BCUT2D eigenvalue weighted by Gasteiger charge is -2.00. The van der Waals surface area contributed by atoms with Crippen molar-refractivity contribution >= 4 is 16.8 Å². The minimum Gasteiger partial charge on any atom is -0.367 e. The molecule has 0 aliphatic heterocycles. The van der Waals surface area contributed by atoms with Crippen molar-refractivity contribution in [3.8, 4) is 11.1 Å². The Morgan fingerprint density at radius 1 is 1.31 bits per heavy atom. The van der Waals surface area contributed by atoms with Crippen LogP contribution in [-0.2, 0) is 0 Å².